The summed E-state index contributed by atoms with van der Waals surface area (Å²) < 4.78 is 24.6. The lowest BCUT2D eigenvalue weighted by atomic mass is 10.1. The van der Waals surface area contributed by atoms with E-state index in [2.05, 4.69) is 0 Å². The van der Waals surface area contributed by atoms with Crippen molar-refractivity contribution in [2.45, 2.75) is 25.3 Å². The Bertz CT molecular complexity index is 912. The summed E-state index contributed by atoms with van der Waals surface area (Å²) in [5.74, 6) is 0.327. The number of nitrogens with zero attached hydrogens (tertiary/aromatic N) is 2. The van der Waals surface area contributed by atoms with Gasteiger partial charge in [-0.1, -0.05) is 12.1 Å². The molecule has 2 aliphatic rings. The number of hydrogen-bond acceptors (Lipinski definition) is 4. The minimum absolute atomic E-state index is 0.000219. The average molecular weight is 426 g/mol. The van der Waals surface area contributed by atoms with E-state index in [4.69, 9.17) is 9.47 Å². The van der Waals surface area contributed by atoms with Crippen molar-refractivity contribution in [1.82, 2.24) is 9.80 Å². The van der Waals surface area contributed by atoms with Crippen molar-refractivity contribution in [3.05, 3.63) is 65.5 Å². The number of halogens is 1. The molecule has 0 aromatic heterocycles. The van der Waals surface area contributed by atoms with Crippen LogP contribution in [-0.2, 0) is 16.0 Å². The van der Waals surface area contributed by atoms with Gasteiger partial charge < -0.3 is 19.3 Å². The van der Waals surface area contributed by atoms with Crippen LogP contribution in [0.3, 0.4) is 0 Å². The van der Waals surface area contributed by atoms with Gasteiger partial charge >= 0.3 is 0 Å². The van der Waals surface area contributed by atoms with E-state index in [-0.39, 0.29) is 30.1 Å². The SMILES string of the molecule is O=C(c1ccc(OC[C@@H]2CCCN2C(=O)Cc2cccc(F)c2)cc1)N1CCOCC1. The monoisotopic (exact) mass is 426 g/mol. The van der Waals surface area contributed by atoms with Crippen molar-refractivity contribution in [2.24, 2.45) is 0 Å². The molecule has 0 bridgehead atoms. The van der Waals surface area contributed by atoms with Gasteiger partial charge in [0.05, 0.1) is 25.7 Å². The van der Waals surface area contributed by atoms with Crippen molar-refractivity contribution in [3.8, 4) is 5.75 Å². The minimum atomic E-state index is -0.331. The number of amides is 2. The summed E-state index contributed by atoms with van der Waals surface area (Å²) in [6.07, 6.45) is 1.99. The first-order valence-corrected chi connectivity index (χ1v) is 10.7. The fourth-order valence-electron chi connectivity index (χ4n) is 4.10. The van der Waals surface area contributed by atoms with Crippen LogP contribution >= 0.6 is 0 Å². The van der Waals surface area contributed by atoms with Crippen molar-refractivity contribution < 1.29 is 23.5 Å². The van der Waals surface area contributed by atoms with E-state index in [9.17, 15) is 14.0 Å². The summed E-state index contributed by atoms with van der Waals surface area (Å²) >= 11 is 0. The molecule has 2 saturated heterocycles. The second kappa shape index (κ2) is 9.92. The molecule has 164 valence electrons. The van der Waals surface area contributed by atoms with Crippen LogP contribution in [0.2, 0.25) is 0 Å². The van der Waals surface area contributed by atoms with E-state index in [0.717, 1.165) is 12.8 Å². The van der Waals surface area contributed by atoms with Gasteiger partial charge in [-0.15, -0.1) is 0 Å². The van der Waals surface area contributed by atoms with E-state index in [0.29, 0.717) is 56.3 Å². The molecule has 31 heavy (non-hydrogen) atoms. The smallest absolute Gasteiger partial charge is 0.254 e. The van der Waals surface area contributed by atoms with E-state index in [1.54, 1.807) is 41.3 Å². The topological polar surface area (TPSA) is 59.1 Å². The molecule has 7 heteroatoms. The number of morpholine rings is 1. The van der Waals surface area contributed by atoms with Crippen LogP contribution in [0.4, 0.5) is 4.39 Å². The zero-order valence-electron chi connectivity index (χ0n) is 17.5. The minimum Gasteiger partial charge on any atom is -0.491 e. The van der Waals surface area contributed by atoms with Gasteiger partial charge in [-0.25, -0.2) is 4.39 Å². The Labute approximate surface area is 181 Å². The first kappa shape index (κ1) is 21.3. The second-order valence-electron chi connectivity index (χ2n) is 7.93. The van der Waals surface area contributed by atoms with Gasteiger partial charge in [0.15, 0.2) is 0 Å². The number of likely N-dealkylation sites (tertiary alicyclic amines) is 1. The number of carbonyl (C=O) groups excluding carboxylic acids is 2. The zero-order chi connectivity index (χ0) is 21.6. The third kappa shape index (κ3) is 5.41. The highest BCUT2D eigenvalue weighted by Crippen LogP contribution is 2.21. The van der Waals surface area contributed by atoms with Crippen LogP contribution in [0.5, 0.6) is 5.75 Å². The molecule has 0 spiro atoms. The van der Waals surface area contributed by atoms with Gasteiger partial charge in [0, 0.05) is 25.2 Å². The fourth-order valence-corrected chi connectivity index (χ4v) is 4.10. The molecule has 2 amide bonds. The quantitative estimate of drug-likeness (QED) is 0.713. The van der Waals surface area contributed by atoms with Gasteiger partial charge in [0.25, 0.3) is 5.91 Å². The second-order valence-corrected chi connectivity index (χ2v) is 7.93. The van der Waals surface area contributed by atoms with Crippen LogP contribution in [0.1, 0.15) is 28.8 Å². The molecule has 0 unspecified atom stereocenters. The van der Waals surface area contributed by atoms with Crippen LogP contribution in [0, 0.1) is 5.82 Å². The molecule has 2 heterocycles. The molecular weight excluding hydrogens is 399 g/mol. The summed E-state index contributed by atoms with van der Waals surface area (Å²) in [7, 11) is 0. The molecule has 4 rings (SSSR count). The predicted molar refractivity (Wildman–Crippen MR) is 113 cm³/mol. The number of carbonyl (C=O) groups is 2. The molecule has 0 radical (unpaired) electrons. The Morgan fingerprint density at radius 2 is 1.84 bits per heavy atom. The van der Waals surface area contributed by atoms with Crippen LogP contribution in [-0.4, -0.2) is 67.1 Å². The number of benzene rings is 2. The van der Waals surface area contributed by atoms with Crippen LogP contribution in [0.15, 0.2) is 48.5 Å². The number of rotatable bonds is 6. The molecular formula is C24H27FN2O4. The number of ether oxygens (including phenoxy) is 2. The molecule has 0 aliphatic carbocycles. The largest absolute Gasteiger partial charge is 0.491 e. The Hall–Kier alpha value is -2.93. The Balaban J connectivity index is 1.30. The highest BCUT2D eigenvalue weighted by molar-refractivity contribution is 5.94. The highest BCUT2D eigenvalue weighted by Gasteiger charge is 2.29. The lowest BCUT2D eigenvalue weighted by Crippen LogP contribution is -2.40. The third-order valence-corrected chi connectivity index (χ3v) is 5.78. The Morgan fingerprint density at radius 1 is 1.06 bits per heavy atom. The molecule has 6 nitrogen and oxygen atoms in total. The normalized spacial score (nSPS) is 18.8. The molecule has 2 aliphatic heterocycles. The van der Waals surface area contributed by atoms with E-state index in [1.165, 1.54) is 12.1 Å². The zero-order valence-corrected chi connectivity index (χ0v) is 17.5. The fraction of sp³-hybridized carbons (Fsp3) is 0.417. The molecule has 2 aromatic carbocycles. The van der Waals surface area contributed by atoms with E-state index in [1.807, 2.05) is 4.90 Å². The van der Waals surface area contributed by atoms with Gasteiger partial charge in [-0.05, 0) is 54.8 Å². The van der Waals surface area contributed by atoms with Crippen LogP contribution in [0.25, 0.3) is 0 Å². The molecule has 0 N–H and O–H groups in total. The van der Waals surface area contributed by atoms with Crippen molar-refractivity contribution in [1.29, 1.82) is 0 Å². The molecule has 1 atom stereocenters. The van der Waals surface area contributed by atoms with E-state index >= 15 is 0 Å². The summed E-state index contributed by atoms with van der Waals surface area (Å²) in [6, 6.07) is 13.3. The van der Waals surface area contributed by atoms with E-state index < -0.39 is 0 Å². The summed E-state index contributed by atoms with van der Waals surface area (Å²) in [6.45, 7) is 3.45. The first-order chi connectivity index (χ1) is 15.1. The molecule has 0 saturated carbocycles. The van der Waals surface area contributed by atoms with Gasteiger partial charge in [-0.3, -0.25) is 9.59 Å². The highest BCUT2D eigenvalue weighted by atomic mass is 19.1. The van der Waals surface area contributed by atoms with Gasteiger partial charge in [0.1, 0.15) is 18.2 Å². The summed E-state index contributed by atoms with van der Waals surface area (Å²) in [5, 5.41) is 0. The molecule has 2 aromatic rings. The predicted octanol–water partition coefficient (Wildman–Crippen LogP) is 2.91. The first-order valence-electron chi connectivity index (χ1n) is 10.7. The van der Waals surface area contributed by atoms with Crippen molar-refractivity contribution in [2.75, 3.05) is 39.5 Å². The maximum absolute atomic E-state index is 13.4. The van der Waals surface area contributed by atoms with Crippen molar-refractivity contribution >= 4 is 11.8 Å². The van der Waals surface area contributed by atoms with Gasteiger partial charge in [-0.2, -0.15) is 0 Å². The average Bonchev–Trinajstić information content (AvgIpc) is 3.27. The van der Waals surface area contributed by atoms with Crippen LogP contribution < -0.4 is 4.74 Å². The Morgan fingerprint density at radius 3 is 2.58 bits per heavy atom. The third-order valence-electron chi connectivity index (χ3n) is 5.78. The molecule has 2 fully saturated rings. The lowest BCUT2D eigenvalue weighted by molar-refractivity contribution is -0.131. The van der Waals surface area contributed by atoms with Gasteiger partial charge in [0.2, 0.25) is 5.91 Å². The summed E-state index contributed by atoms with van der Waals surface area (Å²) in [5.41, 5.74) is 1.30. The lowest BCUT2D eigenvalue weighted by Gasteiger charge is -2.27. The Kier molecular flexibility index (Phi) is 6.82. The number of hydrogen-bond donors (Lipinski definition) is 0. The summed E-state index contributed by atoms with van der Waals surface area (Å²) in [4.78, 5) is 28.9. The van der Waals surface area contributed by atoms with Crippen molar-refractivity contribution in [3.63, 3.8) is 0 Å². The maximum Gasteiger partial charge on any atom is 0.254 e. The maximum atomic E-state index is 13.4. The standard InChI is InChI=1S/C24H27FN2O4/c25-20-4-1-3-18(15-20)16-23(28)27-10-2-5-21(27)17-31-22-8-6-19(7-9-22)24(29)26-11-13-30-14-12-26/h1,3-4,6-9,15,21H,2,5,10-14,16-17H2/t21-/m0/s1.